The Morgan fingerprint density at radius 2 is 1.79 bits per heavy atom. The number of nitrogen functional groups attached to an aromatic ring is 1. The van der Waals surface area contributed by atoms with Crippen LogP contribution in [0.1, 0.15) is 31.2 Å². The van der Waals surface area contributed by atoms with Crippen molar-refractivity contribution in [1.29, 1.82) is 0 Å². The fraction of sp³-hybridized carbons (Fsp3) is 0.348. The number of rotatable bonds is 5. The zero-order valence-electron chi connectivity index (χ0n) is 17.4. The van der Waals surface area contributed by atoms with Gasteiger partial charge in [-0.05, 0) is 68.2 Å². The smallest absolute Gasteiger partial charge is 0.404 e. The molecule has 1 unspecified atom stereocenters. The second kappa shape index (κ2) is 9.13. The van der Waals surface area contributed by atoms with Crippen LogP contribution in [-0.2, 0) is 4.79 Å². The van der Waals surface area contributed by atoms with Crippen molar-refractivity contribution in [2.75, 3.05) is 11.1 Å². The standard InChI is InChI=1S/C23H22ClF4N3O2/c24-19-12-20(29)13(9-21(19)33-23(26,27)28)1-8-22(32)31-17-6-7-18(31)11-16(10-17)30-15-4-2-14(25)3-5-15/h1-5,8-9,12,16-18,30H,6-7,10-11,29H2/t16?,17-,18+. The van der Waals surface area contributed by atoms with Crippen LogP contribution in [0.25, 0.3) is 6.08 Å². The molecule has 5 nitrogen and oxygen atoms in total. The highest BCUT2D eigenvalue weighted by Crippen LogP contribution is 2.38. The van der Waals surface area contributed by atoms with Crippen LogP contribution in [0.2, 0.25) is 5.02 Å². The third-order valence-electron chi connectivity index (χ3n) is 5.97. The molecule has 2 saturated heterocycles. The minimum Gasteiger partial charge on any atom is -0.404 e. The molecule has 2 aromatic rings. The highest BCUT2D eigenvalue weighted by atomic mass is 35.5. The molecule has 2 aromatic carbocycles. The van der Waals surface area contributed by atoms with Gasteiger partial charge in [0.05, 0.1) is 5.02 Å². The number of hydrogen-bond acceptors (Lipinski definition) is 4. The first-order valence-electron chi connectivity index (χ1n) is 10.5. The van der Waals surface area contributed by atoms with Gasteiger partial charge in [0.1, 0.15) is 11.6 Å². The molecule has 0 saturated carbocycles. The Hall–Kier alpha value is -2.94. The fourth-order valence-electron chi connectivity index (χ4n) is 4.62. The van der Waals surface area contributed by atoms with E-state index in [0.717, 1.165) is 43.5 Å². The SMILES string of the molecule is Nc1cc(Cl)c(OC(F)(F)F)cc1C=CC(=O)N1[C@@H]2CC[C@H]1CC(Nc1ccc(F)cc1)C2. The summed E-state index contributed by atoms with van der Waals surface area (Å²) in [6.07, 6.45) is 1.04. The number of piperidine rings is 1. The van der Waals surface area contributed by atoms with Crippen LogP contribution < -0.4 is 15.8 Å². The number of ether oxygens (including phenoxy) is 1. The molecule has 2 aliphatic rings. The number of carbonyl (C=O) groups excluding carboxylic acids is 1. The summed E-state index contributed by atoms with van der Waals surface area (Å²) in [7, 11) is 0. The lowest BCUT2D eigenvalue weighted by atomic mass is 9.96. The summed E-state index contributed by atoms with van der Waals surface area (Å²) >= 11 is 5.79. The van der Waals surface area contributed by atoms with Crippen LogP contribution in [-0.4, -0.2) is 35.3 Å². The Kier molecular flexibility index (Phi) is 6.43. The van der Waals surface area contributed by atoms with Crippen molar-refractivity contribution in [3.05, 3.63) is 58.9 Å². The lowest BCUT2D eigenvalue weighted by Crippen LogP contribution is -2.49. The van der Waals surface area contributed by atoms with Crippen molar-refractivity contribution < 1.29 is 27.1 Å². The van der Waals surface area contributed by atoms with Crippen molar-refractivity contribution in [1.82, 2.24) is 4.90 Å². The van der Waals surface area contributed by atoms with Gasteiger partial charge in [-0.3, -0.25) is 4.79 Å². The first-order chi connectivity index (χ1) is 15.6. The maximum Gasteiger partial charge on any atom is 0.573 e. The van der Waals surface area contributed by atoms with E-state index in [4.69, 9.17) is 17.3 Å². The maximum absolute atomic E-state index is 13.1. The van der Waals surface area contributed by atoms with E-state index >= 15 is 0 Å². The van der Waals surface area contributed by atoms with E-state index in [1.54, 1.807) is 12.1 Å². The second-order valence-electron chi connectivity index (χ2n) is 8.24. The van der Waals surface area contributed by atoms with Gasteiger partial charge in [0.2, 0.25) is 5.91 Å². The fourth-order valence-corrected chi connectivity index (χ4v) is 4.83. The Morgan fingerprint density at radius 3 is 2.39 bits per heavy atom. The average molecular weight is 484 g/mol. The molecule has 0 aromatic heterocycles. The summed E-state index contributed by atoms with van der Waals surface area (Å²) in [6.45, 7) is 0. The predicted octanol–water partition coefficient (Wildman–Crippen LogP) is 5.61. The maximum atomic E-state index is 13.1. The first kappa shape index (κ1) is 23.2. The van der Waals surface area contributed by atoms with Gasteiger partial charge in [0.15, 0.2) is 0 Å². The highest BCUT2D eigenvalue weighted by Gasteiger charge is 2.42. The van der Waals surface area contributed by atoms with Crippen LogP contribution >= 0.6 is 11.6 Å². The highest BCUT2D eigenvalue weighted by molar-refractivity contribution is 6.32. The molecule has 4 rings (SSSR count). The van der Waals surface area contributed by atoms with E-state index in [1.807, 2.05) is 4.90 Å². The molecular weight excluding hydrogens is 462 g/mol. The molecule has 0 aliphatic carbocycles. The molecule has 0 radical (unpaired) electrons. The molecular formula is C23H22ClF4N3O2. The Balaban J connectivity index is 1.43. The van der Waals surface area contributed by atoms with Crippen LogP contribution in [0.3, 0.4) is 0 Å². The molecule has 0 spiro atoms. The monoisotopic (exact) mass is 483 g/mol. The first-order valence-corrected chi connectivity index (χ1v) is 10.8. The van der Waals surface area contributed by atoms with Gasteiger partial charge in [-0.1, -0.05) is 11.6 Å². The number of carbonyl (C=O) groups is 1. The predicted molar refractivity (Wildman–Crippen MR) is 118 cm³/mol. The number of nitrogens with zero attached hydrogens (tertiary/aromatic N) is 1. The van der Waals surface area contributed by atoms with Crippen LogP contribution in [0.15, 0.2) is 42.5 Å². The van der Waals surface area contributed by atoms with Crippen molar-refractivity contribution in [2.45, 2.75) is 50.2 Å². The summed E-state index contributed by atoms with van der Waals surface area (Å²) in [5, 5.41) is 3.13. The Morgan fingerprint density at radius 1 is 1.15 bits per heavy atom. The van der Waals surface area contributed by atoms with E-state index in [-0.39, 0.29) is 46.1 Å². The topological polar surface area (TPSA) is 67.6 Å². The third kappa shape index (κ3) is 5.52. The molecule has 1 amide bonds. The summed E-state index contributed by atoms with van der Waals surface area (Å²) in [4.78, 5) is 14.8. The normalized spacial score (nSPS) is 22.6. The summed E-state index contributed by atoms with van der Waals surface area (Å²) in [6, 6.07) is 8.63. The van der Waals surface area contributed by atoms with Gasteiger partial charge in [-0.25, -0.2) is 4.39 Å². The number of anilines is 2. The summed E-state index contributed by atoms with van der Waals surface area (Å²) < 4.78 is 54.8. The van der Waals surface area contributed by atoms with Crippen molar-refractivity contribution >= 4 is 35.0 Å². The zero-order chi connectivity index (χ0) is 23.8. The van der Waals surface area contributed by atoms with Gasteiger partial charge >= 0.3 is 6.36 Å². The second-order valence-corrected chi connectivity index (χ2v) is 8.65. The molecule has 3 N–H and O–H groups in total. The van der Waals surface area contributed by atoms with Gasteiger partial charge in [-0.15, -0.1) is 13.2 Å². The largest absolute Gasteiger partial charge is 0.573 e. The minimum atomic E-state index is -4.90. The van der Waals surface area contributed by atoms with E-state index in [9.17, 15) is 22.4 Å². The number of fused-ring (bicyclic) bond motifs is 2. The van der Waals surface area contributed by atoms with E-state index < -0.39 is 12.1 Å². The third-order valence-corrected chi connectivity index (χ3v) is 6.27. The van der Waals surface area contributed by atoms with Crippen LogP contribution in [0.4, 0.5) is 28.9 Å². The molecule has 2 heterocycles. The number of nitrogens with one attached hydrogen (secondary N) is 1. The molecule has 2 bridgehead atoms. The van der Waals surface area contributed by atoms with Crippen LogP contribution in [0.5, 0.6) is 5.75 Å². The minimum absolute atomic E-state index is 0.0468. The molecule has 176 valence electrons. The van der Waals surface area contributed by atoms with Gasteiger partial charge in [0.25, 0.3) is 0 Å². The lowest BCUT2D eigenvalue weighted by molar-refractivity contribution is -0.274. The average Bonchev–Trinajstić information content (AvgIpc) is 3.00. The van der Waals surface area contributed by atoms with Gasteiger partial charge < -0.3 is 20.7 Å². The quantitative estimate of drug-likeness (QED) is 0.330. The number of benzene rings is 2. The van der Waals surface area contributed by atoms with E-state index in [0.29, 0.717) is 0 Å². The summed E-state index contributed by atoms with van der Waals surface area (Å²) in [5.74, 6) is -1.11. The zero-order valence-corrected chi connectivity index (χ0v) is 18.2. The number of hydrogen-bond donors (Lipinski definition) is 2. The van der Waals surface area contributed by atoms with Gasteiger partial charge in [0, 0.05) is 41.1 Å². The van der Waals surface area contributed by atoms with E-state index in [1.165, 1.54) is 24.3 Å². The summed E-state index contributed by atoms with van der Waals surface area (Å²) in [5.41, 5.74) is 7.02. The Bertz CT molecular complexity index is 1040. The number of alkyl halides is 3. The number of nitrogens with two attached hydrogens (primary N) is 1. The molecule has 10 heteroatoms. The number of halogens is 5. The molecule has 2 aliphatic heterocycles. The van der Waals surface area contributed by atoms with Crippen molar-refractivity contribution in [3.8, 4) is 5.75 Å². The van der Waals surface area contributed by atoms with Crippen molar-refractivity contribution in [3.63, 3.8) is 0 Å². The van der Waals surface area contributed by atoms with Crippen molar-refractivity contribution in [2.24, 2.45) is 0 Å². The van der Waals surface area contributed by atoms with Gasteiger partial charge in [-0.2, -0.15) is 0 Å². The lowest BCUT2D eigenvalue weighted by Gasteiger charge is -2.39. The molecule has 3 atom stereocenters. The number of amides is 1. The van der Waals surface area contributed by atoms with Crippen LogP contribution in [0, 0.1) is 5.82 Å². The van der Waals surface area contributed by atoms with E-state index in [2.05, 4.69) is 10.1 Å². The Labute approximate surface area is 193 Å². The molecule has 2 fully saturated rings. The molecule has 33 heavy (non-hydrogen) atoms.